The zero-order chi connectivity index (χ0) is 20.5. The second kappa shape index (κ2) is 8.11. The Morgan fingerprint density at radius 1 is 1.14 bits per heavy atom. The predicted octanol–water partition coefficient (Wildman–Crippen LogP) is 3.04. The van der Waals surface area contributed by atoms with Gasteiger partial charge in [0.05, 0.1) is 6.04 Å². The minimum Gasteiger partial charge on any atom is -0.444 e. The lowest BCUT2D eigenvalue weighted by Gasteiger charge is -2.42. The lowest BCUT2D eigenvalue weighted by Crippen LogP contribution is -2.58. The summed E-state index contributed by atoms with van der Waals surface area (Å²) in [6.07, 6.45) is 0.583. The zero-order valence-corrected chi connectivity index (χ0v) is 17.8. The number of ether oxygens (including phenoxy) is 1. The van der Waals surface area contributed by atoms with Crippen LogP contribution in [0.5, 0.6) is 0 Å². The second-order valence-electron chi connectivity index (χ2n) is 9.06. The van der Waals surface area contributed by atoms with Crippen LogP contribution >= 0.6 is 0 Å². The first kappa shape index (κ1) is 20.6. The fourth-order valence-corrected chi connectivity index (χ4v) is 4.03. The molecule has 6 heteroatoms. The van der Waals surface area contributed by atoms with Crippen molar-refractivity contribution in [2.24, 2.45) is 0 Å². The number of carbonyl (C=O) groups is 2. The monoisotopic (exact) mass is 387 g/mol. The number of hydrogen-bond acceptors (Lipinski definition) is 4. The Bertz CT molecular complexity index is 711. The Kier molecular flexibility index (Phi) is 5.98. The first-order valence-electron chi connectivity index (χ1n) is 10.2. The first-order valence-corrected chi connectivity index (χ1v) is 10.2. The van der Waals surface area contributed by atoms with E-state index in [0.717, 1.165) is 13.0 Å². The minimum atomic E-state index is -0.491. The minimum absolute atomic E-state index is 0.0822. The summed E-state index contributed by atoms with van der Waals surface area (Å²) in [4.78, 5) is 31.3. The third-order valence-electron chi connectivity index (χ3n) is 5.49. The molecule has 28 heavy (non-hydrogen) atoms. The smallest absolute Gasteiger partial charge is 0.410 e. The highest BCUT2D eigenvalue weighted by Crippen LogP contribution is 2.24. The van der Waals surface area contributed by atoms with Crippen molar-refractivity contribution in [1.29, 1.82) is 0 Å². The van der Waals surface area contributed by atoms with E-state index in [1.54, 1.807) is 4.90 Å². The van der Waals surface area contributed by atoms with Gasteiger partial charge in [-0.15, -0.1) is 0 Å². The molecule has 2 amide bonds. The van der Waals surface area contributed by atoms with Crippen LogP contribution in [-0.2, 0) is 16.1 Å². The van der Waals surface area contributed by atoms with Crippen LogP contribution < -0.4 is 0 Å². The summed E-state index contributed by atoms with van der Waals surface area (Å²) in [6.45, 7) is 13.1. The van der Waals surface area contributed by atoms with Gasteiger partial charge in [-0.05, 0) is 46.6 Å². The van der Waals surface area contributed by atoms with Gasteiger partial charge in [0.25, 0.3) is 0 Å². The molecule has 0 bridgehead atoms. The number of benzene rings is 1. The third kappa shape index (κ3) is 4.85. The van der Waals surface area contributed by atoms with E-state index in [4.69, 9.17) is 4.74 Å². The van der Waals surface area contributed by atoms with Gasteiger partial charge in [0, 0.05) is 38.8 Å². The van der Waals surface area contributed by atoms with Gasteiger partial charge in [-0.25, -0.2) is 4.79 Å². The number of hydrogen-bond donors (Lipinski definition) is 0. The number of amides is 2. The van der Waals surface area contributed by atoms with Crippen molar-refractivity contribution in [3.63, 3.8) is 0 Å². The highest BCUT2D eigenvalue weighted by atomic mass is 16.6. The molecule has 2 fully saturated rings. The lowest BCUT2D eigenvalue weighted by molar-refractivity contribution is -0.134. The number of piperazine rings is 1. The average molecular weight is 388 g/mol. The highest BCUT2D eigenvalue weighted by Gasteiger charge is 2.40. The molecule has 2 aliphatic heterocycles. The summed E-state index contributed by atoms with van der Waals surface area (Å²) >= 11 is 0. The summed E-state index contributed by atoms with van der Waals surface area (Å²) < 4.78 is 5.49. The Morgan fingerprint density at radius 2 is 1.82 bits per heavy atom. The molecule has 1 aromatic rings. The molecule has 2 unspecified atom stereocenters. The van der Waals surface area contributed by atoms with Crippen molar-refractivity contribution in [2.75, 3.05) is 26.2 Å². The van der Waals surface area contributed by atoms with E-state index in [1.165, 1.54) is 11.1 Å². The van der Waals surface area contributed by atoms with Crippen molar-refractivity contribution < 1.29 is 14.3 Å². The number of carbonyl (C=O) groups excluding carboxylic acids is 2. The Balaban J connectivity index is 1.57. The van der Waals surface area contributed by atoms with E-state index < -0.39 is 5.60 Å². The molecular formula is C22H33N3O3. The normalized spacial score (nSPS) is 24.0. The zero-order valence-electron chi connectivity index (χ0n) is 17.8. The van der Waals surface area contributed by atoms with Crippen molar-refractivity contribution in [1.82, 2.24) is 14.7 Å². The molecule has 2 saturated heterocycles. The van der Waals surface area contributed by atoms with Crippen LogP contribution in [0, 0.1) is 6.92 Å². The Labute approximate surface area is 168 Å². The molecule has 3 rings (SSSR count). The van der Waals surface area contributed by atoms with Gasteiger partial charge in [-0.2, -0.15) is 0 Å². The number of likely N-dealkylation sites (tertiary alicyclic amines) is 1. The van der Waals surface area contributed by atoms with E-state index in [0.29, 0.717) is 26.2 Å². The molecule has 2 aliphatic rings. The van der Waals surface area contributed by atoms with E-state index >= 15 is 0 Å². The van der Waals surface area contributed by atoms with Crippen LogP contribution in [0.2, 0.25) is 0 Å². The maximum Gasteiger partial charge on any atom is 0.410 e. The molecule has 0 saturated carbocycles. The fourth-order valence-electron chi connectivity index (χ4n) is 4.03. The quantitative estimate of drug-likeness (QED) is 0.800. The molecular weight excluding hydrogens is 354 g/mol. The standard InChI is InChI=1S/C22H33N3O3/c1-16-6-8-18(9-7-16)15-23-11-10-19(20(23)26)25-13-12-24(14-17(25)2)21(27)28-22(3,4)5/h6-9,17,19H,10-15H2,1-5H3. The molecule has 6 nitrogen and oxygen atoms in total. The average Bonchev–Trinajstić information content (AvgIpc) is 2.96. The van der Waals surface area contributed by atoms with Crippen molar-refractivity contribution in [2.45, 2.75) is 65.3 Å². The van der Waals surface area contributed by atoms with Gasteiger partial charge < -0.3 is 14.5 Å². The van der Waals surface area contributed by atoms with Gasteiger partial charge in [0.1, 0.15) is 5.60 Å². The Morgan fingerprint density at radius 3 is 2.43 bits per heavy atom. The van der Waals surface area contributed by atoms with E-state index in [1.807, 2.05) is 25.7 Å². The van der Waals surface area contributed by atoms with Crippen molar-refractivity contribution in [3.8, 4) is 0 Å². The van der Waals surface area contributed by atoms with E-state index in [2.05, 4.69) is 43.0 Å². The van der Waals surface area contributed by atoms with Crippen LogP contribution in [0.3, 0.4) is 0 Å². The van der Waals surface area contributed by atoms with Crippen LogP contribution in [0.25, 0.3) is 0 Å². The largest absolute Gasteiger partial charge is 0.444 e. The van der Waals surface area contributed by atoms with Crippen LogP contribution in [-0.4, -0.2) is 70.6 Å². The molecule has 2 heterocycles. The van der Waals surface area contributed by atoms with E-state index in [-0.39, 0.29) is 24.1 Å². The molecule has 0 radical (unpaired) electrons. The number of rotatable bonds is 3. The van der Waals surface area contributed by atoms with Crippen molar-refractivity contribution in [3.05, 3.63) is 35.4 Å². The first-order chi connectivity index (χ1) is 13.1. The predicted molar refractivity (Wildman–Crippen MR) is 109 cm³/mol. The molecule has 154 valence electrons. The molecule has 2 atom stereocenters. The maximum atomic E-state index is 13.0. The lowest BCUT2D eigenvalue weighted by atomic mass is 10.1. The van der Waals surface area contributed by atoms with Crippen LogP contribution in [0.15, 0.2) is 24.3 Å². The topological polar surface area (TPSA) is 53.1 Å². The fraction of sp³-hybridized carbons (Fsp3) is 0.636. The van der Waals surface area contributed by atoms with Gasteiger partial charge in [-0.1, -0.05) is 29.8 Å². The molecule has 0 aliphatic carbocycles. The molecule has 0 aromatic heterocycles. The summed E-state index contributed by atoms with van der Waals surface area (Å²) in [6, 6.07) is 8.42. The number of nitrogens with zero attached hydrogens (tertiary/aromatic N) is 3. The number of aryl methyl sites for hydroxylation is 1. The molecule has 1 aromatic carbocycles. The molecule has 0 spiro atoms. The van der Waals surface area contributed by atoms with E-state index in [9.17, 15) is 9.59 Å². The highest BCUT2D eigenvalue weighted by molar-refractivity contribution is 5.84. The van der Waals surface area contributed by atoms with Gasteiger partial charge >= 0.3 is 6.09 Å². The van der Waals surface area contributed by atoms with Gasteiger partial charge in [-0.3, -0.25) is 9.69 Å². The Hall–Kier alpha value is -2.08. The van der Waals surface area contributed by atoms with Crippen LogP contribution in [0.1, 0.15) is 45.2 Å². The molecule has 0 N–H and O–H groups in total. The summed E-state index contributed by atoms with van der Waals surface area (Å²) in [5.41, 5.74) is 1.91. The third-order valence-corrected chi connectivity index (χ3v) is 5.49. The summed E-state index contributed by atoms with van der Waals surface area (Å²) in [5, 5.41) is 0. The van der Waals surface area contributed by atoms with Gasteiger partial charge in [0.15, 0.2) is 0 Å². The van der Waals surface area contributed by atoms with Gasteiger partial charge in [0.2, 0.25) is 5.91 Å². The summed E-state index contributed by atoms with van der Waals surface area (Å²) in [5.74, 6) is 0.207. The maximum absolute atomic E-state index is 13.0. The second-order valence-corrected chi connectivity index (χ2v) is 9.06. The van der Waals surface area contributed by atoms with Crippen LogP contribution in [0.4, 0.5) is 4.79 Å². The van der Waals surface area contributed by atoms with Crippen molar-refractivity contribution >= 4 is 12.0 Å². The summed E-state index contributed by atoms with van der Waals surface area (Å²) in [7, 11) is 0. The SMILES string of the molecule is Cc1ccc(CN2CCC(N3CCN(C(=O)OC(C)(C)C)CC3C)C2=O)cc1.